The SMILES string of the molecule is CCCCCCCCCCCCOc1cc2c(=O)ccc(=O)c2c2c1ccc1ccc3c(OCCCCCCCCCCCC)cc4c(=O)ccc(=O)c4c3c12. The van der Waals surface area contributed by atoms with Gasteiger partial charge in [-0.05, 0) is 72.1 Å². The van der Waals surface area contributed by atoms with Crippen LogP contribution in [0, 0.1) is 0 Å². The minimum Gasteiger partial charge on any atom is -0.493 e. The molecule has 0 radical (unpaired) electrons. The molecule has 6 heteroatoms. The average Bonchev–Trinajstić information content (AvgIpc) is 3.21. The summed E-state index contributed by atoms with van der Waals surface area (Å²) in [6.07, 6.45) is 24.3. The van der Waals surface area contributed by atoms with Gasteiger partial charge < -0.3 is 9.47 Å². The molecule has 0 aliphatic carbocycles. The summed E-state index contributed by atoms with van der Waals surface area (Å²) in [4.78, 5) is 54.4. The molecule has 6 aromatic rings. The lowest BCUT2D eigenvalue weighted by atomic mass is 9.89. The summed E-state index contributed by atoms with van der Waals surface area (Å²) < 4.78 is 12.9. The first-order chi connectivity index (χ1) is 27.4. The highest BCUT2D eigenvalue weighted by Crippen LogP contribution is 2.43. The third-order valence-electron chi connectivity index (χ3n) is 11.6. The molecule has 0 aliphatic rings. The smallest absolute Gasteiger partial charge is 0.187 e. The van der Waals surface area contributed by atoms with Crippen LogP contribution in [0.2, 0.25) is 0 Å². The second kappa shape index (κ2) is 20.5. The van der Waals surface area contributed by atoms with Gasteiger partial charge in [0, 0.05) is 43.1 Å². The van der Waals surface area contributed by atoms with Crippen LogP contribution in [0.3, 0.4) is 0 Å². The van der Waals surface area contributed by atoms with Gasteiger partial charge >= 0.3 is 0 Å². The van der Waals surface area contributed by atoms with Crippen molar-refractivity contribution >= 4 is 53.9 Å². The van der Waals surface area contributed by atoms with Gasteiger partial charge in [-0.3, -0.25) is 19.2 Å². The molecule has 0 fully saturated rings. The molecule has 56 heavy (non-hydrogen) atoms. The number of ether oxygens (including phenoxy) is 2. The van der Waals surface area contributed by atoms with Crippen LogP contribution in [0.1, 0.15) is 142 Å². The monoisotopic (exact) mass is 756 g/mol. The highest BCUT2D eigenvalue weighted by Gasteiger charge is 2.21. The third-order valence-corrected chi connectivity index (χ3v) is 11.6. The van der Waals surface area contributed by atoms with E-state index in [1.165, 1.54) is 114 Å². The van der Waals surface area contributed by atoms with Gasteiger partial charge in [0.25, 0.3) is 0 Å². The van der Waals surface area contributed by atoms with Gasteiger partial charge in [0.05, 0.1) is 13.2 Å². The van der Waals surface area contributed by atoms with Crippen molar-refractivity contribution in [2.24, 2.45) is 0 Å². The van der Waals surface area contributed by atoms with Gasteiger partial charge in [0.2, 0.25) is 0 Å². The molecule has 0 atom stereocenters. The Morgan fingerprint density at radius 2 is 0.679 bits per heavy atom. The number of unbranched alkanes of at least 4 members (excludes halogenated alkanes) is 18. The van der Waals surface area contributed by atoms with Crippen LogP contribution in [0.4, 0.5) is 0 Å². The van der Waals surface area contributed by atoms with E-state index in [4.69, 9.17) is 9.47 Å². The fourth-order valence-corrected chi connectivity index (χ4v) is 8.51. The molecule has 0 spiro atoms. The maximum Gasteiger partial charge on any atom is 0.187 e. The van der Waals surface area contributed by atoms with E-state index >= 15 is 0 Å². The molecular weight excluding hydrogens is 697 g/mol. The fourth-order valence-electron chi connectivity index (χ4n) is 8.51. The minimum atomic E-state index is -0.278. The van der Waals surface area contributed by atoms with Gasteiger partial charge in [-0.1, -0.05) is 142 Å². The Morgan fingerprint density at radius 1 is 0.339 bits per heavy atom. The van der Waals surface area contributed by atoms with Gasteiger partial charge in [0.1, 0.15) is 11.5 Å². The highest BCUT2D eigenvalue weighted by atomic mass is 16.5. The van der Waals surface area contributed by atoms with Crippen molar-refractivity contribution in [3.63, 3.8) is 0 Å². The average molecular weight is 757 g/mol. The Bertz CT molecular complexity index is 2290. The summed E-state index contributed by atoms with van der Waals surface area (Å²) in [5.74, 6) is 1.07. The van der Waals surface area contributed by atoms with Crippen LogP contribution in [0.25, 0.3) is 53.9 Å². The van der Waals surface area contributed by atoms with Crippen molar-refractivity contribution in [1.82, 2.24) is 0 Å². The molecule has 296 valence electrons. The van der Waals surface area contributed by atoms with Crippen LogP contribution in [0.15, 0.2) is 79.8 Å². The maximum absolute atomic E-state index is 13.8. The van der Waals surface area contributed by atoms with Crippen molar-refractivity contribution < 1.29 is 9.47 Å². The number of rotatable bonds is 24. The zero-order chi connectivity index (χ0) is 39.3. The summed E-state index contributed by atoms with van der Waals surface area (Å²) in [6.45, 7) is 5.46. The normalized spacial score (nSPS) is 11.8. The summed E-state index contributed by atoms with van der Waals surface area (Å²) in [5.41, 5.74) is -1.08. The predicted molar refractivity (Wildman–Crippen MR) is 236 cm³/mol. The van der Waals surface area contributed by atoms with E-state index in [9.17, 15) is 19.2 Å². The molecule has 6 nitrogen and oxygen atoms in total. The van der Waals surface area contributed by atoms with Crippen LogP contribution < -0.4 is 31.2 Å². The van der Waals surface area contributed by atoms with Crippen LogP contribution in [-0.2, 0) is 0 Å². The number of fused-ring (bicyclic) bond motifs is 9. The fraction of sp³-hybridized carbons (Fsp3) is 0.480. The quantitative estimate of drug-likeness (QED) is 0.0451. The van der Waals surface area contributed by atoms with E-state index in [1.807, 2.05) is 24.3 Å². The zero-order valence-electron chi connectivity index (χ0n) is 33.8. The molecule has 6 aromatic carbocycles. The van der Waals surface area contributed by atoms with E-state index in [1.54, 1.807) is 12.1 Å². The summed E-state index contributed by atoms with van der Waals surface area (Å²) in [6, 6.07) is 16.5. The van der Waals surface area contributed by atoms with E-state index in [0.717, 1.165) is 43.9 Å². The Labute approximate surface area is 330 Å². The molecule has 0 unspecified atom stereocenters. The molecule has 0 saturated heterocycles. The van der Waals surface area contributed by atoms with E-state index in [-0.39, 0.29) is 32.5 Å². The lowest BCUT2D eigenvalue weighted by Gasteiger charge is -2.17. The lowest BCUT2D eigenvalue weighted by Crippen LogP contribution is -2.12. The summed E-state index contributed by atoms with van der Waals surface area (Å²) in [7, 11) is 0. The first-order valence-corrected chi connectivity index (χ1v) is 21.8. The van der Waals surface area contributed by atoms with Gasteiger partial charge in [0.15, 0.2) is 21.7 Å². The Kier molecular flexibility index (Phi) is 15.1. The largest absolute Gasteiger partial charge is 0.493 e. The third kappa shape index (κ3) is 9.68. The van der Waals surface area contributed by atoms with Crippen LogP contribution >= 0.6 is 0 Å². The molecule has 6 rings (SSSR count). The number of hydrogen-bond donors (Lipinski definition) is 0. The Morgan fingerprint density at radius 3 is 1.05 bits per heavy atom. The van der Waals surface area contributed by atoms with Crippen molar-refractivity contribution in [2.45, 2.75) is 142 Å². The van der Waals surface area contributed by atoms with Crippen molar-refractivity contribution in [3.05, 3.63) is 102 Å². The molecule has 0 saturated carbocycles. The molecule has 0 heterocycles. The van der Waals surface area contributed by atoms with Crippen LogP contribution in [0.5, 0.6) is 11.5 Å². The second-order valence-corrected chi connectivity index (χ2v) is 15.9. The lowest BCUT2D eigenvalue weighted by molar-refractivity contribution is 0.308. The van der Waals surface area contributed by atoms with Crippen molar-refractivity contribution in [2.75, 3.05) is 13.2 Å². The van der Waals surface area contributed by atoms with E-state index in [0.29, 0.717) is 62.4 Å². The van der Waals surface area contributed by atoms with Crippen molar-refractivity contribution in [3.8, 4) is 11.5 Å². The van der Waals surface area contributed by atoms with Crippen molar-refractivity contribution in [1.29, 1.82) is 0 Å². The van der Waals surface area contributed by atoms with Gasteiger partial charge in [-0.25, -0.2) is 0 Å². The van der Waals surface area contributed by atoms with E-state index in [2.05, 4.69) is 13.8 Å². The van der Waals surface area contributed by atoms with Gasteiger partial charge in [-0.15, -0.1) is 0 Å². The molecule has 0 bridgehead atoms. The van der Waals surface area contributed by atoms with Gasteiger partial charge in [-0.2, -0.15) is 0 Å². The van der Waals surface area contributed by atoms with E-state index < -0.39 is 0 Å². The second-order valence-electron chi connectivity index (χ2n) is 15.9. The number of hydrogen-bond acceptors (Lipinski definition) is 6. The van der Waals surface area contributed by atoms with Crippen LogP contribution in [-0.4, -0.2) is 13.2 Å². The molecule has 0 aromatic heterocycles. The molecular formula is C50H60O6. The molecule has 0 N–H and O–H groups in total. The topological polar surface area (TPSA) is 86.7 Å². The Balaban J connectivity index is 1.34. The zero-order valence-corrected chi connectivity index (χ0v) is 33.8. The number of benzene rings is 6. The molecule has 0 aliphatic heterocycles. The standard InChI is InChI=1S/C50H60O6/c1-3-5-7-9-11-13-15-17-19-21-31-55-44-33-38-40(51)27-29-42(53)47(38)49-36(44)25-23-35-24-26-37-45(56-32-22-20-18-16-14-12-10-8-6-4-2)34-39-41(52)28-30-43(54)48(39)50(37)46(35)49/h23-30,33-34H,3-22,31-32H2,1-2H3. The summed E-state index contributed by atoms with van der Waals surface area (Å²) in [5, 5.41) is 5.14. The summed E-state index contributed by atoms with van der Waals surface area (Å²) >= 11 is 0. The first-order valence-electron chi connectivity index (χ1n) is 21.8. The molecule has 0 amide bonds. The first kappa shape index (κ1) is 41.1. The highest BCUT2D eigenvalue weighted by molar-refractivity contribution is 6.33. The Hall–Kier alpha value is -4.58. The maximum atomic E-state index is 13.8. The predicted octanol–water partition coefficient (Wildman–Crippen LogP) is 12.4. The minimum absolute atomic E-state index is 0.265.